The molecule has 23 heavy (non-hydrogen) atoms. The van der Waals surface area contributed by atoms with Gasteiger partial charge in [0, 0.05) is 12.6 Å². The summed E-state index contributed by atoms with van der Waals surface area (Å²) in [4.78, 5) is 2.10. The molecule has 0 fully saturated rings. The molecule has 0 heterocycles. The molecule has 0 amide bonds. The maximum absolute atomic E-state index is 10.1. The maximum atomic E-state index is 10.1. The highest BCUT2D eigenvalue weighted by Gasteiger charge is 2.36. The SMILES string of the molecule is CC(CC(C#N)(c1ccccc1)c1ccccc1)N(C)CCO. The summed E-state index contributed by atoms with van der Waals surface area (Å²) in [6.45, 7) is 2.83. The lowest BCUT2D eigenvalue weighted by Gasteiger charge is -2.34. The molecule has 0 aliphatic carbocycles. The summed E-state index contributed by atoms with van der Waals surface area (Å²) >= 11 is 0. The third kappa shape index (κ3) is 3.79. The Kier molecular flexibility index (Phi) is 5.92. The number of hydrogen-bond acceptors (Lipinski definition) is 3. The number of hydrogen-bond donors (Lipinski definition) is 1. The van der Waals surface area contributed by atoms with E-state index in [2.05, 4.69) is 17.9 Å². The fourth-order valence-electron chi connectivity index (χ4n) is 3.00. The van der Waals surface area contributed by atoms with E-state index in [-0.39, 0.29) is 12.6 Å². The molecule has 0 radical (unpaired) electrons. The van der Waals surface area contributed by atoms with Crippen molar-refractivity contribution in [3.05, 3.63) is 71.8 Å². The van der Waals surface area contributed by atoms with Crippen molar-refractivity contribution in [2.45, 2.75) is 24.8 Å². The molecule has 3 nitrogen and oxygen atoms in total. The average Bonchev–Trinajstić information content (AvgIpc) is 2.61. The van der Waals surface area contributed by atoms with Crippen molar-refractivity contribution in [1.82, 2.24) is 4.90 Å². The average molecular weight is 308 g/mol. The molecular weight excluding hydrogens is 284 g/mol. The van der Waals surface area contributed by atoms with Gasteiger partial charge in [-0.3, -0.25) is 0 Å². The van der Waals surface area contributed by atoms with Crippen molar-refractivity contribution < 1.29 is 5.11 Å². The van der Waals surface area contributed by atoms with E-state index in [0.29, 0.717) is 13.0 Å². The van der Waals surface area contributed by atoms with Gasteiger partial charge in [0.1, 0.15) is 5.41 Å². The molecular formula is C20H24N2O. The van der Waals surface area contributed by atoms with Gasteiger partial charge >= 0.3 is 0 Å². The fraction of sp³-hybridized carbons (Fsp3) is 0.350. The molecule has 0 aliphatic rings. The Bertz CT molecular complexity index is 594. The van der Waals surface area contributed by atoms with E-state index in [0.717, 1.165) is 11.1 Å². The predicted octanol–water partition coefficient (Wildman–Crippen LogP) is 3.20. The Morgan fingerprint density at radius 2 is 1.52 bits per heavy atom. The first-order valence-corrected chi connectivity index (χ1v) is 7.97. The van der Waals surface area contributed by atoms with E-state index >= 15 is 0 Å². The van der Waals surface area contributed by atoms with Gasteiger partial charge in [-0.2, -0.15) is 5.26 Å². The Morgan fingerprint density at radius 1 is 1.04 bits per heavy atom. The van der Waals surface area contributed by atoms with Crippen LogP contribution in [0.4, 0.5) is 0 Å². The first kappa shape index (κ1) is 17.2. The van der Waals surface area contributed by atoms with E-state index in [1.807, 2.05) is 67.7 Å². The van der Waals surface area contributed by atoms with E-state index < -0.39 is 5.41 Å². The van der Waals surface area contributed by atoms with Crippen molar-refractivity contribution in [1.29, 1.82) is 5.26 Å². The third-order valence-corrected chi connectivity index (χ3v) is 4.53. The fourth-order valence-corrected chi connectivity index (χ4v) is 3.00. The lowest BCUT2D eigenvalue weighted by Crippen LogP contribution is -2.39. The zero-order valence-corrected chi connectivity index (χ0v) is 13.8. The molecule has 120 valence electrons. The van der Waals surface area contributed by atoms with Crippen molar-refractivity contribution >= 4 is 0 Å². The Morgan fingerprint density at radius 3 is 1.91 bits per heavy atom. The van der Waals surface area contributed by atoms with Crippen LogP contribution in [0.1, 0.15) is 24.5 Å². The summed E-state index contributed by atoms with van der Waals surface area (Å²) in [6.07, 6.45) is 0.675. The van der Waals surface area contributed by atoms with E-state index in [4.69, 9.17) is 5.11 Å². The zero-order chi connectivity index (χ0) is 16.7. The molecule has 0 spiro atoms. The van der Waals surface area contributed by atoms with Gasteiger partial charge in [0.15, 0.2) is 0 Å². The summed E-state index contributed by atoms with van der Waals surface area (Å²) in [7, 11) is 1.99. The molecule has 3 heteroatoms. The standard InChI is InChI=1S/C20H24N2O/c1-17(22(2)13-14-23)15-20(16-21,18-9-5-3-6-10-18)19-11-7-4-8-12-19/h3-12,17,23H,13-15H2,1-2H3. The summed E-state index contributed by atoms with van der Waals surface area (Å²) in [6, 6.07) is 22.7. The van der Waals surface area contributed by atoms with Gasteiger partial charge in [0.2, 0.25) is 0 Å². The van der Waals surface area contributed by atoms with Gasteiger partial charge in [-0.1, -0.05) is 60.7 Å². The zero-order valence-electron chi connectivity index (χ0n) is 13.8. The predicted molar refractivity (Wildman–Crippen MR) is 93.1 cm³/mol. The summed E-state index contributed by atoms with van der Waals surface area (Å²) in [5, 5.41) is 19.3. The molecule has 0 bridgehead atoms. The van der Waals surface area contributed by atoms with E-state index in [1.54, 1.807) is 0 Å². The minimum absolute atomic E-state index is 0.122. The first-order valence-electron chi connectivity index (χ1n) is 7.97. The molecule has 0 aromatic heterocycles. The van der Waals surface area contributed by atoms with Crippen molar-refractivity contribution in [2.75, 3.05) is 20.2 Å². The van der Waals surface area contributed by atoms with Gasteiger partial charge in [0.05, 0.1) is 12.7 Å². The van der Waals surface area contributed by atoms with Crippen molar-refractivity contribution in [3.63, 3.8) is 0 Å². The number of rotatable bonds is 7. The van der Waals surface area contributed by atoms with Crippen LogP contribution in [0.25, 0.3) is 0 Å². The number of nitriles is 1. The maximum Gasteiger partial charge on any atom is 0.109 e. The van der Waals surface area contributed by atoms with Crippen LogP contribution in [0, 0.1) is 11.3 Å². The summed E-state index contributed by atoms with van der Waals surface area (Å²) in [5.74, 6) is 0. The van der Waals surface area contributed by atoms with Crippen LogP contribution >= 0.6 is 0 Å². The normalized spacial score (nSPS) is 12.8. The van der Waals surface area contributed by atoms with Gasteiger partial charge < -0.3 is 10.0 Å². The van der Waals surface area contributed by atoms with Crippen LogP contribution in [-0.4, -0.2) is 36.2 Å². The van der Waals surface area contributed by atoms with Crippen LogP contribution in [0.5, 0.6) is 0 Å². The number of aliphatic hydroxyl groups is 1. The lowest BCUT2D eigenvalue weighted by molar-refractivity contribution is 0.174. The topological polar surface area (TPSA) is 47.3 Å². The molecule has 2 aromatic carbocycles. The van der Waals surface area contributed by atoms with Gasteiger partial charge in [-0.25, -0.2) is 0 Å². The Hall–Kier alpha value is -2.15. The molecule has 0 aliphatic heterocycles. The molecule has 2 aromatic rings. The lowest BCUT2D eigenvalue weighted by atomic mass is 9.71. The second-order valence-electron chi connectivity index (χ2n) is 6.01. The van der Waals surface area contributed by atoms with E-state index in [1.165, 1.54) is 0 Å². The van der Waals surface area contributed by atoms with Gasteiger partial charge in [0.25, 0.3) is 0 Å². The highest BCUT2D eigenvalue weighted by Crippen LogP contribution is 2.37. The number of likely N-dealkylation sites (N-methyl/N-ethyl adjacent to an activating group) is 1. The molecule has 0 saturated heterocycles. The van der Waals surface area contributed by atoms with Crippen LogP contribution < -0.4 is 0 Å². The monoisotopic (exact) mass is 308 g/mol. The van der Waals surface area contributed by atoms with Crippen molar-refractivity contribution in [2.24, 2.45) is 0 Å². The molecule has 1 N–H and O–H groups in total. The highest BCUT2D eigenvalue weighted by atomic mass is 16.3. The summed E-state index contributed by atoms with van der Waals surface area (Å²) < 4.78 is 0. The second kappa shape index (κ2) is 7.92. The van der Waals surface area contributed by atoms with Gasteiger partial charge in [-0.05, 0) is 31.5 Å². The van der Waals surface area contributed by atoms with Crippen LogP contribution in [0.15, 0.2) is 60.7 Å². The quantitative estimate of drug-likeness (QED) is 0.854. The number of aliphatic hydroxyl groups excluding tert-OH is 1. The van der Waals surface area contributed by atoms with Crippen LogP contribution in [0.2, 0.25) is 0 Å². The van der Waals surface area contributed by atoms with Gasteiger partial charge in [-0.15, -0.1) is 0 Å². The minimum atomic E-state index is -0.689. The number of benzene rings is 2. The third-order valence-electron chi connectivity index (χ3n) is 4.53. The van der Waals surface area contributed by atoms with Crippen LogP contribution in [0.3, 0.4) is 0 Å². The minimum Gasteiger partial charge on any atom is -0.395 e. The van der Waals surface area contributed by atoms with E-state index in [9.17, 15) is 5.26 Å². The molecule has 0 saturated carbocycles. The number of nitrogens with zero attached hydrogens (tertiary/aromatic N) is 2. The van der Waals surface area contributed by atoms with Crippen LogP contribution in [-0.2, 0) is 5.41 Å². The Balaban J connectivity index is 2.46. The first-order chi connectivity index (χ1) is 11.1. The molecule has 1 atom stereocenters. The highest BCUT2D eigenvalue weighted by molar-refractivity contribution is 5.46. The summed E-state index contributed by atoms with van der Waals surface area (Å²) in [5.41, 5.74) is 1.34. The second-order valence-corrected chi connectivity index (χ2v) is 6.01. The molecule has 2 rings (SSSR count). The van der Waals surface area contributed by atoms with Crippen molar-refractivity contribution in [3.8, 4) is 6.07 Å². The Labute approximate surface area is 138 Å². The molecule has 1 unspecified atom stereocenters. The smallest absolute Gasteiger partial charge is 0.109 e. The largest absolute Gasteiger partial charge is 0.395 e.